The lowest BCUT2D eigenvalue weighted by Gasteiger charge is -2.31. The van der Waals surface area contributed by atoms with Gasteiger partial charge in [-0.15, -0.1) is 0 Å². The second kappa shape index (κ2) is 5.75. The highest BCUT2D eigenvalue weighted by molar-refractivity contribution is 9.10. The molecule has 0 spiro atoms. The van der Waals surface area contributed by atoms with E-state index < -0.39 is 0 Å². The highest BCUT2D eigenvalue weighted by atomic mass is 79.9. The molecule has 0 unspecified atom stereocenters. The van der Waals surface area contributed by atoms with Gasteiger partial charge in [0.2, 0.25) is 0 Å². The molecule has 0 bridgehead atoms. The zero-order valence-corrected chi connectivity index (χ0v) is 11.0. The molecule has 1 aromatic rings. The SMILES string of the molecule is NCC1CCN(Cc2ccnc(Br)c2)CC1. The van der Waals surface area contributed by atoms with Crippen molar-refractivity contribution in [2.75, 3.05) is 19.6 Å². The Kier molecular flexibility index (Phi) is 4.32. The fourth-order valence-corrected chi connectivity index (χ4v) is 2.59. The lowest BCUT2D eigenvalue weighted by Crippen LogP contribution is -2.35. The maximum atomic E-state index is 5.69. The minimum atomic E-state index is 0.737. The molecule has 0 amide bonds. The van der Waals surface area contributed by atoms with Gasteiger partial charge in [-0.3, -0.25) is 4.90 Å². The smallest absolute Gasteiger partial charge is 0.106 e. The number of halogens is 1. The zero-order valence-electron chi connectivity index (χ0n) is 9.40. The first-order valence-electron chi connectivity index (χ1n) is 5.81. The average Bonchev–Trinajstić information content (AvgIpc) is 2.30. The molecule has 1 fully saturated rings. The molecular weight excluding hydrogens is 266 g/mol. The second-order valence-electron chi connectivity index (χ2n) is 4.44. The molecule has 1 aromatic heterocycles. The van der Waals surface area contributed by atoms with Crippen LogP contribution >= 0.6 is 15.9 Å². The molecule has 0 aromatic carbocycles. The normalized spacial score (nSPS) is 18.9. The van der Waals surface area contributed by atoms with Crippen molar-refractivity contribution in [3.8, 4) is 0 Å². The second-order valence-corrected chi connectivity index (χ2v) is 5.25. The summed E-state index contributed by atoms with van der Waals surface area (Å²) in [4.78, 5) is 6.63. The van der Waals surface area contributed by atoms with Crippen LogP contribution in [0, 0.1) is 5.92 Å². The van der Waals surface area contributed by atoms with Gasteiger partial charge in [0.1, 0.15) is 4.60 Å². The van der Waals surface area contributed by atoms with E-state index in [0.29, 0.717) is 0 Å². The monoisotopic (exact) mass is 283 g/mol. The van der Waals surface area contributed by atoms with E-state index in [9.17, 15) is 0 Å². The number of rotatable bonds is 3. The predicted molar refractivity (Wildman–Crippen MR) is 69.0 cm³/mol. The first kappa shape index (κ1) is 12.0. The molecule has 2 N–H and O–H groups in total. The molecule has 0 atom stereocenters. The minimum absolute atomic E-state index is 0.737. The summed E-state index contributed by atoms with van der Waals surface area (Å²) in [5, 5.41) is 0. The van der Waals surface area contributed by atoms with Crippen LogP contribution in [0.5, 0.6) is 0 Å². The van der Waals surface area contributed by atoms with Crippen LogP contribution in [-0.2, 0) is 6.54 Å². The Morgan fingerprint density at radius 2 is 2.19 bits per heavy atom. The van der Waals surface area contributed by atoms with Gasteiger partial charge in [0.05, 0.1) is 0 Å². The summed E-state index contributed by atoms with van der Waals surface area (Å²) in [7, 11) is 0. The molecule has 2 rings (SSSR count). The number of aromatic nitrogens is 1. The maximum absolute atomic E-state index is 5.69. The van der Waals surface area contributed by atoms with Crippen molar-refractivity contribution in [1.29, 1.82) is 0 Å². The van der Waals surface area contributed by atoms with Crippen molar-refractivity contribution in [3.05, 3.63) is 28.5 Å². The number of pyridine rings is 1. The minimum Gasteiger partial charge on any atom is -0.330 e. The van der Waals surface area contributed by atoms with Gasteiger partial charge in [-0.2, -0.15) is 0 Å². The summed E-state index contributed by atoms with van der Waals surface area (Å²) in [5.41, 5.74) is 7.02. The van der Waals surface area contributed by atoms with Crippen molar-refractivity contribution < 1.29 is 0 Å². The number of nitrogens with zero attached hydrogens (tertiary/aromatic N) is 2. The number of likely N-dealkylation sites (tertiary alicyclic amines) is 1. The molecule has 88 valence electrons. The van der Waals surface area contributed by atoms with E-state index in [1.165, 1.54) is 31.5 Å². The molecule has 3 nitrogen and oxygen atoms in total. The van der Waals surface area contributed by atoms with Crippen LogP contribution in [0.2, 0.25) is 0 Å². The predicted octanol–water partition coefficient (Wildman–Crippen LogP) is 2.01. The molecule has 1 saturated heterocycles. The van der Waals surface area contributed by atoms with Crippen LogP contribution < -0.4 is 5.73 Å². The number of hydrogen-bond donors (Lipinski definition) is 1. The van der Waals surface area contributed by atoms with Gasteiger partial charge in [-0.25, -0.2) is 4.98 Å². The number of piperidine rings is 1. The summed E-state index contributed by atoms with van der Waals surface area (Å²) in [6.45, 7) is 4.21. The molecule has 1 aliphatic heterocycles. The van der Waals surface area contributed by atoms with Crippen LogP contribution in [0.1, 0.15) is 18.4 Å². The molecule has 1 aliphatic rings. The van der Waals surface area contributed by atoms with Crippen LogP contribution in [-0.4, -0.2) is 29.5 Å². The van der Waals surface area contributed by atoms with E-state index in [0.717, 1.165) is 23.6 Å². The first-order chi connectivity index (χ1) is 7.78. The number of hydrogen-bond acceptors (Lipinski definition) is 3. The van der Waals surface area contributed by atoms with Gasteiger partial charge in [0.25, 0.3) is 0 Å². The van der Waals surface area contributed by atoms with Crippen LogP contribution in [0.4, 0.5) is 0 Å². The lowest BCUT2D eigenvalue weighted by molar-refractivity contribution is 0.180. The fourth-order valence-electron chi connectivity index (χ4n) is 2.18. The molecule has 0 saturated carbocycles. The highest BCUT2D eigenvalue weighted by Gasteiger charge is 2.17. The topological polar surface area (TPSA) is 42.1 Å². The molecule has 2 heterocycles. The summed E-state index contributed by atoms with van der Waals surface area (Å²) < 4.78 is 0.918. The van der Waals surface area contributed by atoms with E-state index >= 15 is 0 Å². The van der Waals surface area contributed by atoms with Gasteiger partial charge in [0, 0.05) is 12.7 Å². The van der Waals surface area contributed by atoms with Crippen molar-refractivity contribution in [2.24, 2.45) is 11.7 Å². The van der Waals surface area contributed by atoms with Crippen LogP contribution in [0.3, 0.4) is 0 Å². The summed E-state index contributed by atoms with van der Waals surface area (Å²) in [6.07, 6.45) is 4.33. The Labute approximate surface area is 105 Å². The first-order valence-corrected chi connectivity index (χ1v) is 6.60. The Bertz CT molecular complexity index is 335. The van der Waals surface area contributed by atoms with E-state index in [1.54, 1.807) is 0 Å². The Morgan fingerprint density at radius 3 is 2.81 bits per heavy atom. The molecule has 0 aliphatic carbocycles. The Balaban J connectivity index is 1.87. The third-order valence-corrected chi connectivity index (χ3v) is 3.67. The van der Waals surface area contributed by atoms with Gasteiger partial charge in [0.15, 0.2) is 0 Å². The van der Waals surface area contributed by atoms with Gasteiger partial charge < -0.3 is 5.73 Å². The summed E-state index contributed by atoms with van der Waals surface area (Å²) in [6, 6.07) is 4.18. The van der Waals surface area contributed by atoms with Crippen molar-refractivity contribution in [3.63, 3.8) is 0 Å². The lowest BCUT2D eigenvalue weighted by atomic mass is 9.97. The van der Waals surface area contributed by atoms with Gasteiger partial charge in [-0.05, 0) is 72.0 Å². The zero-order chi connectivity index (χ0) is 11.4. The van der Waals surface area contributed by atoms with E-state index in [-0.39, 0.29) is 0 Å². The largest absolute Gasteiger partial charge is 0.330 e. The van der Waals surface area contributed by atoms with Crippen molar-refractivity contribution in [1.82, 2.24) is 9.88 Å². The third kappa shape index (κ3) is 3.27. The standard InChI is InChI=1S/C12H18BrN3/c13-12-7-11(1-4-15-12)9-16-5-2-10(8-14)3-6-16/h1,4,7,10H,2-3,5-6,8-9,14H2. The molecular formula is C12H18BrN3. The van der Waals surface area contributed by atoms with Crippen molar-refractivity contribution in [2.45, 2.75) is 19.4 Å². The fraction of sp³-hybridized carbons (Fsp3) is 0.583. The quantitative estimate of drug-likeness (QED) is 0.863. The van der Waals surface area contributed by atoms with E-state index in [1.807, 2.05) is 6.20 Å². The average molecular weight is 284 g/mol. The van der Waals surface area contributed by atoms with Gasteiger partial charge in [-0.1, -0.05) is 0 Å². The Hall–Kier alpha value is -0.450. The van der Waals surface area contributed by atoms with E-state index in [2.05, 4.69) is 37.9 Å². The van der Waals surface area contributed by atoms with Crippen LogP contribution in [0.15, 0.2) is 22.9 Å². The summed E-state index contributed by atoms with van der Waals surface area (Å²) in [5.74, 6) is 0.737. The molecule has 4 heteroatoms. The maximum Gasteiger partial charge on any atom is 0.106 e. The Morgan fingerprint density at radius 1 is 1.44 bits per heavy atom. The van der Waals surface area contributed by atoms with Gasteiger partial charge >= 0.3 is 0 Å². The molecule has 0 radical (unpaired) electrons. The third-order valence-electron chi connectivity index (χ3n) is 3.24. The van der Waals surface area contributed by atoms with Crippen molar-refractivity contribution >= 4 is 15.9 Å². The number of nitrogens with two attached hydrogens (primary N) is 1. The molecule has 16 heavy (non-hydrogen) atoms. The van der Waals surface area contributed by atoms with E-state index in [4.69, 9.17) is 5.73 Å². The highest BCUT2D eigenvalue weighted by Crippen LogP contribution is 2.18. The van der Waals surface area contributed by atoms with Crippen LogP contribution in [0.25, 0.3) is 0 Å². The summed E-state index contributed by atoms with van der Waals surface area (Å²) >= 11 is 3.40.